The van der Waals surface area contributed by atoms with Gasteiger partial charge in [0.05, 0.1) is 6.04 Å². The highest BCUT2D eigenvalue weighted by Gasteiger charge is 2.31. The molecule has 1 unspecified atom stereocenters. The van der Waals surface area contributed by atoms with Crippen molar-refractivity contribution in [3.05, 3.63) is 74.9 Å². The molecule has 29 heavy (non-hydrogen) atoms. The number of ketones is 1. The van der Waals surface area contributed by atoms with Gasteiger partial charge in [-0.1, -0.05) is 41.4 Å². The largest absolute Gasteiger partial charge is 0.489 e. The summed E-state index contributed by atoms with van der Waals surface area (Å²) in [4.78, 5) is 14.3. The van der Waals surface area contributed by atoms with Crippen molar-refractivity contribution in [1.29, 1.82) is 0 Å². The first-order valence-corrected chi connectivity index (χ1v) is 10.4. The van der Waals surface area contributed by atoms with Crippen molar-refractivity contribution >= 4 is 46.3 Å². The number of hydrogen-bond acceptors (Lipinski definition) is 3. The van der Waals surface area contributed by atoms with Gasteiger partial charge in [-0.3, -0.25) is 4.79 Å². The van der Waals surface area contributed by atoms with Crippen LogP contribution in [-0.2, 0) is 11.4 Å². The van der Waals surface area contributed by atoms with Crippen LogP contribution in [0.4, 0.5) is 0 Å². The number of halogens is 2. The molecule has 1 aliphatic heterocycles. The molecule has 0 aromatic heterocycles. The number of carbonyl (C=O) groups is 1. The summed E-state index contributed by atoms with van der Waals surface area (Å²) in [5.74, 6) is 0.707. The number of allylic oxidation sites excluding steroid dienone is 1. The molecular formula is C22H22Cl2N2O2S. The first-order valence-electron chi connectivity index (χ1n) is 9.28. The van der Waals surface area contributed by atoms with Crippen LogP contribution in [-0.4, -0.2) is 22.3 Å². The van der Waals surface area contributed by atoms with E-state index in [4.69, 9.17) is 40.2 Å². The zero-order chi connectivity index (χ0) is 21.1. The molecule has 1 atom stereocenters. The van der Waals surface area contributed by atoms with Crippen LogP contribution < -0.4 is 10.1 Å². The molecule has 1 N–H and O–H groups in total. The average molecular weight is 449 g/mol. The van der Waals surface area contributed by atoms with Crippen LogP contribution in [0.15, 0.2) is 53.7 Å². The molecule has 3 rings (SSSR count). The van der Waals surface area contributed by atoms with Gasteiger partial charge in [0.25, 0.3) is 0 Å². The van der Waals surface area contributed by atoms with E-state index in [1.807, 2.05) is 43.0 Å². The van der Waals surface area contributed by atoms with E-state index in [-0.39, 0.29) is 18.4 Å². The lowest BCUT2D eigenvalue weighted by Gasteiger charge is -2.37. The number of thiocarbonyl (C=S) groups is 1. The third kappa shape index (κ3) is 4.58. The van der Waals surface area contributed by atoms with Crippen LogP contribution in [0.2, 0.25) is 10.0 Å². The minimum atomic E-state index is -0.283. The van der Waals surface area contributed by atoms with Crippen LogP contribution in [0, 0.1) is 0 Å². The highest BCUT2D eigenvalue weighted by atomic mass is 35.5. The number of rotatable bonds is 6. The predicted octanol–water partition coefficient (Wildman–Crippen LogP) is 5.69. The molecule has 0 radical (unpaired) electrons. The van der Waals surface area contributed by atoms with Crippen LogP contribution in [0.5, 0.6) is 5.75 Å². The Hall–Kier alpha value is -2.08. The normalized spacial score (nSPS) is 16.7. The van der Waals surface area contributed by atoms with E-state index in [0.717, 1.165) is 22.4 Å². The van der Waals surface area contributed by atoms with Crippen LogP contribution in [0.3, 0.4) is 0 Å². The summed E-state index contributed by atoms with van der Waals surface area (Å²) in [6.45, 7) is 6.50. The minimum absolute atomic E-state index is 0.0228. The summed E-state index contributed by atoms with van der Waals surface area (Å²) in [5.41, 5.74) is 3.30. The number of benzene rings is 2. The Labute approximate surface area is 186 Å². The molecule has 0 aliphatic carbocycles. The van der Waals surface area contributed by atoms with Crippen molar-refractivity contribution in [2.45, 2.75) is 33.4 Å². The number of nitrogens with one attached hydrogen (secondary N) is 1. The molecule has 152 valence electrons. The van der Waals surface area contributed by atoms with Crippen molar-refractivity contribution in [2.24, 2.45) is 0 Å². The first-order chi connectivity index (χ1) is 13.8. The van der Waals surface area contributed by atoms with Gasteiger partial charge >= 0.3 is 0 Å². The van der Waals surface area contributed by atoms with Crippen molar-refractivity contribution in [3.63, 3.8) is 0 Å². The summed E-state index contributed by atoms with van der Waals surface area (Å²) >= 11 is 17.9. The summed E-state index contributed by atoms with van der Waals surface area (Å²) in [6.07, 6.45) is 0. The van der Waals surface area contributed by atoms with Gasteiger partial charge in [-0.25, -0.2) is 0 Å². The van der Waals surface area contributed by atoms with Gasteiger partial charge in [-0.05, 0) is 62.8 Å². The number of nitrogens with zero attached hydrogens (tertiary/aromatic N) is 1. The van der Waals surface area contributed by atoms with Gasteiger partial charge in [-0.2, -0.15) is 0 Å². The van der Waals surface area contributed by atoms with Gasteiger partial charge in [0.15, 0.2) is 10.9 Å². The summed E-state index contributed by atoms with van der Waals surface area (Å²) < 4.78 is 5.84. The SMILES string of the molecule is CCN1C(=S)NC(c2ccc(OCc3c(Cl)cccc3Cl)cc2)C(C(C)=O)=C1C. The maximum absolute atomic E-state index is 12.3. The van der Waals surface area contributed by atoms with Crippen molar-refractivity contribution in [3.8, 4) is 5.75 Å². The monoisotopic (exact) mass is 448 g/mol. The van der Waals surface area contributed by atoms with Gasteiger partial charge in [0.2, 0.25) is 0 Å². The van der Waals surface area contributed by atoms with E-state index in [2.05, 4.69) is 5.32 Å². The highest BCUT2D eigenvalue weighted by molar-refractivity contribution is 7.80. The molecule has 2 aromatic carbocycles. The molecular weight excluding hydrogens is 427 g/mol. The lowest BCUT2D eigenvalue weighted by atomic mass is 9.92. The van der Waals surface area contributed by atoms with Gasteiger partial charge in [-0.15, -0.1) is 0 Å². The Morgan fingerprint density at radius 2 is 1.79 bits per heavy atom. The zero-order valence-corrected chi connectivity index (χ0v) is 18.8. The Balaban J connectivity index is 1.81. The Morgan fingerprint density at radius 1 is 1.17 bits per heavy atom. The molecule has 7 heteroatoms. The third-order valence-electron chi connectivity index (χ3n) is 4.95. The standard InChI is InChI=1S/C22H22Cl2N2O2S/c1-4-26-13(2)20(14(3)27)21(25-22(26)29)15-8-10-16(11-9-15)28-12-17-18(23)6-5-7-19(17)24/h5-11,21H,4,12H2,1-3H3,(H,25,29). The Morgan fingerprint density at radius 3 is 2.34 bits per heavy atom. The van der Waals surface area contributed by atoms with Crippen LogP contribution in [0.1, 0.15) is 37.9 Å². The van der Waals surface area contributed by atoms with Gasteiger partial charge in [0.1, 0.15) is 12.4 Å². The fourth-order valence-electron chi connectivity index (χ4n) is 3.45. The molecule has 0 spiro atoms. The first kappa shape index (κ1) is 21.6. The predicted molar refractivity (Wildman–Crippen MR) is 121 cm³/mol. The van der Waals surface area contributed by atoms with E-state index in [0.29, 0.717) is 27.5 Å². The molecule has 4 nitrogen and oxygen atoms in total. The minimum Gasteiger partial charge on any atom is -0.489 e. The quantitative estimate of drug-likeness (QED) is 0.575. The third-order valence-corrected chi connectivity index (χ3v) is 6.00. The molecule has 0 fully saturated rings. The number of hydrogen-bond donors (Lipinski definition) is 1. The maximum Gasteiger partial charge on any atom is 0.173 e. The second-order valence-corrected chi connectivity index (χ2v) is 7.94. The van der Waals surface area contributed by atoms with Crippen LogP contribution in [0.25, 0.3) is 0 Å². The van der Waals surface area contributed by atoms with E-state index in [1.54, 1.807) is 25.1 Å². The highest BCUT2D eigenvalue weighted by Crippen LogP contribution is 2.32. The lowest BCUT2D eigenvalue weighted by Crippen LogP contribution is -2.47. The molecule has 1 heterocycles. The second-order valence-electron chi connectivity index (χ2n) is 6.74. The summed E-state index contributed by atoms with van der Waals surface area (Å²) in [6, 6.07) is 12.7. The number of ether oxygens (including phenoxy) is 1. The fourth-order valence-corrected chi connectivity index (χ4v) is 4.34. The molecule has 1 aliphatic rings. The van der Waals surface area contributed by atoms with Crippen molar-refractivity contribution in [1.82, 2.24) is 10.2 Å². The van der Waals surface area contributed by atoms with Crippen LogP contribution >= 0.6 is 35.4 Å². The zero-order valence-electron chi connectivity index (χ0n) is 16.5. The van der Waals surface area contributed by atoms with E-state index >= 15 is 0 Å². The summed E-state index contributed by atoms with van der Waals surface area (Å²) in [7, 11) is 0. The van der Waals surface area contributed by atoms with E-state index in [9.17, 15) is 4.79 Å². The smallest absolute Gasteiger partial charge is 0.173 e. The number of Topliss-reactive ketones (excluding diaryl/α,β-unsaturated/α-hetero) is 1. The van der Waals surface area contributed by atoms with Crippen molar-refractivity contribution in [2.75, 3.05) is 6.54 Å². The summed E-state index contributed by atoms with van der Waals surface area (Å²) in [5, 5.41) is 5.05. The fraction of sp³-hybridized carbons (Fsp3) is 0.273. The van der Waals surface area contributed by atoms with Gasteiger partial charge < -0.3 is 15.0 Å². The van der Waals surface area contributed by atoms with E-state index < -0.39 is 0 Å². The maximum atomic E-state index is 12.3. The van der Waals surface area contributed by atoms with Gasteiger partial charge in [0, 0.05) is 33.4 Å². The molecule has 0 amide bonds. The molecule has 0 saturated carbocycles. The Kier molecular flexibility index (Phi) is 6.83. The number of carbonyl (C=O) groups excluding carboxylic acids is 1. The molecule has 0 saturated heterocycles. The lowest BCUT2D eigenvalue weighted by molar-refractivity contribution is -0.114. The Bertz CT molecular complexity index is 953. The topological polar surface area (TPSA) is 41.6 Å². The molecule has 0 bridgehead atoms. The van der Waals surface area contributed by atoms with E-state index in [1.165, 1.54) is 0 Å². The second kappa shape index (κ2) is 9.16. The van der Waals surface area contributed by atoms with Crippen molar-refractivity contribution < 1.29 is 9.53 Å². The molecule has 2 aromatic rings. The average Bonchev–Trinajstić information content (AvgIpc) is 2.67.